The van der Waals surface area contributed by atoms with Crippen molar-refractivity contribution in [2.75, 3.05) is 6.61 Å². The molecule has 0 aromatic heterocycles. The van der Waals surface area contributed by atoms with Crippen LogP contribution < -0.4 is 0 Å². The van der Waals surface area contributed by atoms with E-state index in [1.54, 1.807) is 0 Å². The number of hydrogen-bond acceptors (Lipinski definition) is 1. The third-order valence-corrected chi connectivity index (χ3v) is 3.02. The molecule has 0 radical (unpaired) electrons. The fraction of sp³-hybridized carbons (Fsp3) is 1.00. The molecule has 1 atom stereocenters. The molecule has 132 valence electrons. The van der Waals surface area contributed by atoms with Crippen LogP contribution in [0.2, 0.25) is 0 Å². The fourth-order valence-corrected chi connectivity index (χ4v) is 1.55. The summed E-state index contributed by atoms with van der Waals surface area (Å²) < 4.78 is 143. The predicted molar refractivity (Wildman–Crippen MR) is 49.4 cm³/mol. The zero-order valence-electron chi connectivity index (χ0n) is 10.5. The van der Waals surface area contributed by atoms with Crippen LogP contribution >= 0.6 is 0 Å². The Morgan fingerprint density at radius 2 is 1.18 bits per heavy atom. The molecule has 1 heterocycles. The summed E-state index contributed by atoms with van der Waals surface area (Å²) in [5, 5.41) is 0. The summed E-state index contributed by atoms with van der Waals surface area (Å²) in [6.45, 7) is 0.143. The fourth-order valence-electron chi connectivity index (χ4n) is 1.55. The summed E-state index contributed by atoms with van der Waals surface area (Å²) in [5.41, 5.74) is 0. The van der Waals surface area contributed by atoms with Gasteiger partial charge in [0.1, 0.15) is 0 Å². The van der Waals surface area contributed by atoms with Gasteiger partial charge in [-0.1, -0.05) is 0 Å². The minimum atomic E-state index is -7.31. The quantitative estimate of drug-likeness (QED) is 0.479. The van der Waals surface area contributed by atoms with Crippen LogP contribution in [-0.2, 0) is 4.74 Å². The topological polar surface area (TPSA) is 12.5 Å². The summed E-state index contributed by atoms with van der Waals surface area (Å²) in [7, 11) is 0. The van der Waals surface area contributed by atoms with Crippen LogP contribution in [0.25, 0.3) is 0 Å². The normalized spacial score (nSPS) is 21.1. The molecule has 0 saturated carbocycles. The van der Waals surface area contributed by atoms with Crippen molar-refractivity contribution in [1.29, 1.82) is 0 Å². The smallest absolute Gasteiger partial charge is 0.373 e. The highest BCUT2D eigenvalue weighted by molar-refractivity contribution is 5.06. The molecule has 1 fully saturated rings. The van der Waals surface area contributed by atoms with E-state index < -0.39 is 48.8 Å². The molecule has 1 rings (SSSR count). The molecule has 0 aromatic rings. The van der Waals surface area contributed by atoms with E-state index in [4.69, 9.17) is 0 Å². The molecule has 22 heavy (non-hydrogen) atoms. The second kappa shape index (κ2) is 5.38. The molecule has 1 saturated heterocycles. The molecule has 1 nitrogen and oxygen atoms in total. The summed E-state index contributed by atoms with van der Waals surface area (Å²) in [4.78, 5) is 0. The second-order valence-electron chi connectivity index (χ2n) is 4.77. The molecule has 0 aliphatic carbocycles. The minimum absolute atomic E-state index is 0.143. The van der Waals surface area contributed by atoms with Gasteiger partial charge in [0.15, 0.2) is 0 Å². The maximum atomic E-state index is 13.1. The average molecular weight is 354 g/mol. The van der Waals surface area contributed by atoms with Gasteiger partial charge in [-0.2, -0.15) is 48.3 Å². The first-order valence-corrected chi connectivity index (χ1v) is 5.77. The highest BCUT2D eigenvalue weighted by Crippen LogP contribution is 2.58. The van der Waals surface area contributed by atoms with Crippen molar-refractivity contribution in [3.63, 3.8) is 0 Å². The zero-order chi connectivity index (χ0) is 17.6. The molecule has 0 amide bonds. The van der Waals surface area contributed by atoms with E-state index in [-0.39, 0.29) is 13.0 Å². The summed E-state index contributed by atoms with van der Waals surface area (Å²) in [5.74, 6) is -27.3. The van der Waals surface area contributed by atoms with E-state index in [0.29, 0.717) is 0 Å². The molecular weight excluding hydrogens is 345 g/mol. The third-order valence-electron chi connectivity index (χ3n) is 3.02. The van der Waals surface area contributed by atoms with E-state index in [9.17, 15) is 48.3 Å². The van der Waals surface area contributed by atoms with Crippen LogP contribution in [0.15, 0.2) is 0 Å². The lowest BCUT2D eigenvalue weighted by Gasteiger charge is -2.37. The Balaban J connectivity index is 2.96. The van der Waals surface area contributed by atoms with E-state index in [0.717, 1.165) is 0 Å². The summed E-state index contributed by atoms with van der Waals surface area (Å²) in [6, 6.07) is 0. The van der Waals surface area contributed by atoms with Crippen LogP contribution in [-0.4, -0.2) is 42.6 Å². The highest BCUT2D eigenvalue weighted by Gasteiger charge is 2.86. The standard InChI is InChI=1S/C10H9F11O/c11-6(12,3-1-2-5-4-22-5)7(13,14)8(15,16)9(17,18)10(19,20)21/h5H,1-4H2. The Labute approximate surface area is 116 Å². The van der Waals surface area contributed by atoms with Crippen LogP contribution in [0, 0.1) is 0 Å². The lowest BCUT2D eigenvalue weighted by atomic mass is 9.94. The molecule has 0 aromatic carbocycles. The Hall–Kier alpha value is -0.810. The Morgan fingerprint density at radius 3 is 1.55 bits per heavy atom. The van der Waals surface area contributed by atoms with E-state index in [1.807, 2.05) is 0 Å². The maximum absolute atomic E-state index is 13.1. The van der Waals surface area contributed by atoms with Gasteiger partial charge in [-0.15, -0.1) is 0 Å². The molecule has 1 unspecified atom stereocenters. The van der Waals surface area contributed by atoms with Gasteiger partial charge in [0.05, 0.1) is 12.7 Å². The molecular formula is C10H9F11O. The van der Waals surface area contributed by atoms with Crippen LogP contribution in [0.3, 0.4) is 0 Å². The van der Waals surface area contributed by atoms with E-state index >= 15 is 0 Å². The number of hydrogen-bond donors (Lipinski definition) is 0. The lowest BCUT2D eigenvalue weighted by Crippen LogP contribution is -2.66. The number of ether oxygens (including phenoxy) is 1. The monoisotopic (exact) mass is 354 g/mol. The number of rotatable bonds is 7. The Bertz CT molecular complexity index is 396. The molecule has 1 aliphatic rings. The predicted octanol–water partition coefficient (Wildman–Crippen LogP) is 4.66. The van der Waals surface area contributed by atoms with Crippen molar-refractivity contribution in [2.24, 2.45) is 0 Å². The van der Waals surface area contributed by atoms with Crippen LogP contribution in [0.1, 0.15) is 19.3 Å². The van der Waals surface area contributed by atoms with Gasteiger partial charge in [-0.3, -0.25) is 0 Å². The van der Waals surface area contributed by atoms with Gasteiger partial charge in [-0.25, -0.2) is 0 Å². The Morgan fingerprint density at radius 1 is 0.727 bits per heavy atom. The SMILES string of the molecule is FC(F)(F)C(F)(F)C(F)(F)C(F)(F)C(F)(F)CCCC1CO1. The molecule has 0 spiro atoms. The van der Waals surface area contributed by atoms with Crippen molar-refractivity contribution in [2.45, 2.75) is 55.2 Å². The first-order valence-electron chi connectivity index (χ1n) is 5.77. The van der Waals surface area contributed by atoms with Gasteiger partial charge in [-0.05, 0) is 12.8 Å². The van der Waals surface area contributed by atoms with Gasteiger partial charge in [0.25, 0.3) is 0 Å². The summed E-state index contributed by atoms with van der Waals surface area (Å²) in [6.07, 6.45) is -10.7. The third kappa shape index (κ3) is 3.11. The Kier molecular flexibility index (Phi) is 4.70. The number of epoxide rings is 1. The number of alkyl halides is 11. The van der Waals surface area contributed by atoms with Crippen LogP contribution in [0.5, 0.6) is 0 Å². The van der Waals surface area contributed by atoms with Gasteiger partial charge in [0, 0.05) is 6.42 Å². The van der Waals surface area contributed by atoms with Gasteiger partial charge in [0.2, 0.25) is 0 Å². The van der Waals surface area contributed by atoms with Crippen molar-refractivity contribution in [3.8, 4) is 0 Å². The second-order valence-corrected chi connectivity index (χ2v) is 4.77. The summed E-state index contributed by atoms with van der Waals surface area (Å²) >= 11 is 0. The van der Waals surface area contributed by atoms with Crippen molar-refractivity contribution < 1.29 is 53.0 Å². The molecule has 0 bridgehead atoms. The van der Waals surface area contributed by atoms with E-state index in [1.165, 1.54) is 0 Å². The average Bonchev–Trinajstić information content (AvgIpc) is 3.10. The first kappa shape index (κ1) is 19.2. The van der Waals surface area contributed by atoms with E-state index in [2.05, 4.69) is 4.74 Å². The van der Waals surface area contributed by atoms with Crippen molar-refractivity contribution in [1.82, 2.24) is 0 Å². The maximum Gasteiger partial charge on any atom is 0.460 e. The van der Waals surface area contributed by atoms with Crippen LogP contribution in [0.4, 0.5) is 48.3 Å². The van der Waals surface area contributed by atoms with Crippen molar-refractivity contribution in [3.05, 3.63) is 0 Å². The number of halogens is 11. The minimum Gasteiger partial charge on any atom is -0.373 e. The van der Waals surface area contributed by atoms with Gasteiger partial charge < -0.3 is 4.74 Å². The van der Waals surface area contributed by atoms with Crippen molar-refractivity contribution >= 4 is 0 Å². The van der Waals surface area contributed by atoms with Gasteiger partial charge >= 0.3 is 29.9 Å². The molecule has 0 N–H and O–H groups in total. The molecule has 1 aliphatic heterocycles. The lowest BCUT2D eigenvalue weighted by molar-refractivity contribution is -0.422. The molecule has 12 heteroatoms. The zero-order valence-corrected chi connectivity index (χ0v) is 10.5. The first-order chi connectivity index (χ1) is 9.58. The highest BCUT2D eigenvalue weighted by atomic mass is 19.4. The largest absolute Gasteiger partial charge is 0.460 e.